The molecule has 0 N–H and O–H groups in total. The molecule has 0 aromatic heterocycles. The van der Waals surface area contributed by atoms with Crippen LogP contribution in [0, 0.1) is 11.8 Å². The zero-order chi connectivity index (χ0) is 24.7. The van der Waals surface area contributed by atoms with Crippen LogP contribution in [-0.4, -0.2) is 46.0 Å². The van der Waals surface area contributed by atoms with Crippen molar-refractivity contribution in [1.82, 2.24) is 0 Å². The second-order valence-electron chi connectivity index (χ2n) is 6.53. The van der Waals surface area contributed by atoms with E-state index in [2.05, 4.69) is 23.2 Å². The SMILES string of the molecule is CC(CC(F)(F)C(F)(F)C(F)(F)C(F)(F)C(F)(F)C(F)(F)CC(C)C(=O)Cl)C(=O)Cl. The van der Waals surface area contributed by atoms with Crippen LogP contribution in [-0.2, 0) is 9.59 Å². The fraction of sp³-hybridized carbons (Fsp3) is 0.857. The van der Waals surface area contributed by atoms with Crippen LogP contribution < -0.4 is 0 Å². The lowest BCUT2D eigenvalue weighted by Crippen LogP contribution is -2.70. The molecule has 0 fully saturated rings. The third kappa shape index (κ3) is 4.78. The molecule has 0 aliphatic carbocycles. The lowest BCUT2D eigenvalue weighted by molar-refractivity contribution is -0.426. The van der Waals surface area contributed by atoms with Crippen molar-refractivity contribution in [1.29, 1.82) is 0 Å². The number of carbonyl (C=O) groups is 2. The Balaban J connectivity index is 6.31. The second-order valence-corrected chi connectivity index (χ2v) is 7.27. The van der Waals surface area contributed by atoms with Gasteiger partial charge < -0.3 is 0 Å². The number of rotatable bonds is 11. The minimum atomic E-state index is -7.75. The molecule has 0 aromatic rings. The third-order valence-electron chi connectivity index (χ3n) is 4.00. The van der Waals surface area contributed by atoms with E-state index in [-0.39, 0.29) is 0 Å². The van der Waals surface area contributed by atoms with Crippen molar-refractivity contribution < 1.29 is 62.3 Å². The van der Waals surface area contributed by atoms with Crippen LogP contribution in [0.5, 0.6) is 0 Å². The molecule has 0 saturated heterocycles. The minimum absolute atomic E-state index is 0.406. The van der Waals surface area contributed by atoms with Crippen molar-refractivity contribution in [2.75, 3.05) is 0 Å². The van der Waals surface area contributed by atoms with E-state index in [1.807, 2.05) is 0 Å². The van der Waals surface area contributed by atoms with E-state index < -0.39 is 70.7 Å². The largest absolute Gasteiger partial charge is 0.384 e. The van der Waals surface area contributed by atoms with E-state index in [1.54, 1.807) is 0 Å². The van der Waals surface area contributed by atoms with E-state index in [0.717, 1.165) is 0 Å². The summed E-state index contributed by atoms with van der Waals surface area (Å²) in [6, 6.07) is 0. The van der Waals surface area contributed by atoms with Crippen molar-refractivity contribution in [3.05, 3.63) is 0 Å². The van der Waals surface area contributed by atoms with Gasteiger partial charge in [-0.1, -0.05) is 13.8 Å². The highest BCUT2D eigenvalue weighted by atomic mass is 35.5. The average molecular weight is 511 g/mol. The lowest BCUT2D eigenvalue weighted by atomic mass is 9.86. The summed E-state index contributed by atoms with van der Waals surface area (Å²) >= 11 is 9.37. The van der Waals surface area contributed by atoms with E-state index >= 15 is 0 Å². The standard InChI is InChI=1S/C14H12Cl2F12O2/c1-5(7(15)29)3-9(17,18)11(21,22)13(25,26)14(27,28)12(23,24)10(19,20)4-6(2)8(16)30/h5-6H,3-4H2,1-2H3. The van der Waals surface area contributed by atoms with Crippen LogP contribution in [0.3, 0.4) is 0 Å². The van der Waals surface area contributed by atoms with Crippen LogP contribution in [0.4, 0.5) is 52.7 Å². The molecule has 2 unspecified atom stereocenters. The first-order chi connectivity index (χ1) is 12.9. The first-order valence-electron chi connectivity index (χ1n) is 7.56. The molecule has 0 bridgehead atoms. The van der Waals surface area contributed by atoms with Crippen LogP contribution in [0.1, 0.15) is 26.7 Å². The van der Waals surface area contributed by atoms with Crippen LogP contribution in [0.25, 0.3) is 0 Å². The van der Waals surface area contributed by atoms with Gasteiger partial charge in [0.05, 0.1) is 0 Å². The normalized spacial score (nSPS) is 16.9. The van der Waals surface area contributed by atoms with Gasteiger partial charge in [0.15, 0.2) is 0 Å². The summed E-state index contributed by atoms with van der Waals surface area (Å²) in [6.07, 6.45) is -5.18. The van der Waals surface area contributed by atoms with Gasteiger partial charge >= 0.3 is 35.5 Å². The Morgan fingerprint density at radius 2 is 0.767 bits per heavy atom. The highest BCUT2D eigenvalue weighted by Crippen LogP contribution is 2.61. The van der Waals surface area contributed by atoms with Crippen molar-refractivity contribution >= 4 is 33.7 Å². The van der Waals surface area contributed by atoms with Gasteiger partial charge in [0.2, 0.25) is 10.5 Å². The topological polar surface area (TPSA) is 34.1 Å². The molecule has 0 spiro atoms. The van der Waals surface area contributed by atoms with Crippen molar-refractivity contribution in [2.45, 2.75) is 62.2 Å². The van der Waals surface area contributed by atoms with Gasteiger partial charge in [-0.2, -0.15) is 52.7 Å². The first kappa shape index (κ1) is 29.1. The van der Waals surface area contributed by atoms with Gasteiger partial charge in [-0.05, 0) is 23.2 Å². The third-order valence-corrected chi connectivity index (χ3v) is 4.75. The van der Waals surface area contributed by atoms with Crippen molar-refractivity contribution in [3.63, 3.8) is 0 Å². The Hall–Kier alpha value is -0.920. The zero-order valence-electron chi connectivity index (χ0n) is 14.7. The summed E-state index contributed by atoms with van der Waals surface area (Å²) in [6.45, 7) is 0.811. The maximum atomic E-state index is 13.6. The zero-order valence-corrected chi connectivity index (χ0v) is 16.2. The van der Waals surface area contributed by atoms with E-state index in [1.165, 1.54) is 0 Å². The predicted molar refractivity (Wildman–Crippen MR) is 79.0 cm³/mol. The maximum absolute atomic E-state index is 13.6. The quantitative estimate of drug-likeness (QED) is 0.239. The molecule has 0 heterocycles. The van der Waals surface area contributed by atoms with E-state index in [0.29, 0.717) is 13.8 Å². The Bertz CT molecular complexity index is 609. The lowest BCUT2D eigenvalue weighted by Gasteiger charge is -2.41. The van der Waals surface area contributed by atoms with Gasteiger partial charge in [0.1, 0.15) is 0 Å². The Morgan fingerprint density at radius 1 is 0.567 bits per heavy atom. The van der Waals surface area contributed by atoms with Gasteiger partial charge in [-0.3, -0.25) is 9.59 Å². The molecule has 2 nitrogen and oxygen atoms in total. The molecule has 0 rings (SSSR count). The van der Waals surface area contributed by atoms with Gasteiger partial charge in [-0.15, -0.1) is 0 Å². The number of halogens is 14. The van der Waals surface area contributed by atoms with Gasteiger partial charge in [0, 0.05) is 24.7 Å². The average Bonchev–Trinajstić information content (AvgIpc) is 2.52. The van der Waals surface area contributed by atoms with Crippen molar-refractivity contribution in [2.24, 2.45) is 11.8 Å². The molecule has 0 aromatic carbocycles. The van der Waals surface area contributed by atoms with Gasteiger partial charge in [-0.25, -0.2) is 0 Å². The molecule has 178 valence electrons. The summed E-state index contributed by atoms with van der Waals surface area (Å²) < 4.78 is 163. The summed E-state index contributed by atoms with van der Waals surface area (Å²) in [5.41, 5.74) is 0. The van der Waals surface area contributed by atoms with Crippen molar-refractivity contribution in [3.8, 4) is 0 Å². The summed E-state index contributed by atoms with van der Waals surface area (Å²) in [5.74, 6) is -47.3. The predicted octanol–water partition coefficient (Wildman–Crippen LogP) is 6.38. The highest BCUT2D eigenvalue weighted by molar-refractivity contribution is 6.64. The summed E-state index contributed by atoms with van der Waals surface area (Å²) in [5, 5.41) is -3.56. The first-order valence-corrected chi connectivity index (χ1v) is 8.32. The number of alkyl halides is 12. The Kier molecular flexibility index (Phi) is 8.29. The molecule has 2 atom stereocenters. The molecule has 0 aliphatic heterocycles. The van der Waals surface area contributed by atoms with Crippen LogP contribution in [0.15, 0.2) is 0 Å². The van der Waals surface area contributed by atoms with E-state index in [9.17, 15) is 62.3 Å². The van der Waals surface area contributed by atoms with Crippen LogP contribution in [0.2, 0.25) is 0 Å². The number of hydrogen-bond acceptors (Lipinski definition) is 2. The summed E-state index contributed by atoms with van der Waals surface area (Å²) in [4.78, 5) is 21.3. The molecule has 30 heavy (non-hydrogen) atoms. The maximum Gasteiger partial charge on any atom is 0.384 e. The molecule has 16 heteroatoms. The highest BCUT2D eigenvalue weighted by Gasteiger charge is 2.89. The molecule has 0 amide bonds. The molecule has 0 aliphatic rings. The molecular weight excluding hydrogens is 499 g/mol. The monoisotopic (exact) mass is 510 g/mol. The Morgan fingerprint density at radius 3 is 0.933 bits per heavy atom. The molecular formula is C14H12Cl2F12O2. The molecule has 0 radical (unpaired) electrons. The smallest absolute Gasteiger partial charge is 0.281 e. The summed E-state index contributed by atoms with van der Waals surface area (Å²) in [7, 11) is 0. The number of hydrogen-bond donors (Lipinski definition) is 0. The van der Waals surface area contributed by atoms with Crippen LogP contribution >= 0.6 is 23.2 Å². The fourth-order valence-electron chi connectivity index (χ4n) is 2.04. The van der Waals surface area contributed by atoms with Gasteiger partial charge in [0.25, 0.3) is 0 Å². The fourth-order valence-corrected chi connectivity index (χ4v) is 2.19. The molecule has 0 saturated carbocycles. The minimum Gasteiger partial charge on any atom is -0.281 e. The van der Waals surface area contributed by atoms with E-state index in [4.69, 9.17) is 0 Å². The second kappa shape index (κ2) is 8.55. The number of carbonyl (C=O) groups excluding carboxylic acids is 2. The Labute approximate surface area is 170 Å².